The molecule has 0 amide bonds. The van der Waals surface area contributed by atoms with Gasteiger partial charge in [-0.1, -0.05) is 107 Å². The zero-order valence-corrected chi connectivity index (χ0v) is 26.1. The van der Waals surface area contributed by atoms with E-state index in [9.17, 15) is 0 Å². The zero-order chi connectivity index (χ0) is 20.6. The molecule has 146 valence electrons. The predicted molar refractivity (Wildman–Crippen MR) is 135 cm³/mol. The molecule has 0 saturated heterocycles. The summed E-state index contributed by atoms with van der Waals surface area (Å²) in [6.45, 7) is 14.2. The molecule has 0 spiro atoms. The van der Waals surface area contributed by atoms with E-state index < -0.39 is 8.80 Å². The SMILES string of the molecule is C[C](C)(C)[Sn][C](C)(C)C.[K].c1ccc([Si](c2ccccc2)c2ccccc2)cc1. The summed E-state index contributed by atoms with van der Waals surface area (Å²) in [5.41, 5.74) is 0. The normalized spacial score (nSPS) is 11.3. The molecule has 4 radical (unpaired) electrons. The standard InChI is InChI=1S/C18H15Si.2C4H9.K.Sn/c1-4-10-16(11-5-1)19(17-12-6-2-7-13-17)18-14-8-3-9-15-18;2*1-4(2)3;;/h1-15H;2*1-3H3;;. The van der Waals surface area contributed by atoms with Gasteiger partial charge in [0.15, 0.2) is 8.80 Å². The summed E-state index contributed by atoms with van der Waals surface area (Å²) >= 11 is -0.182. The van der Waals surface area contributed by atoms with Crippen molar-refractivity contribution in [2.45, 2.75) is 48.4 Å². The van der Waals surface area contributed by atoms with Crippen LogP contribution in [-0.2, 0) is 0 Å². The van der Waals surface area contributed by atoms with Crippen LogP contribution in [0.1, 0.15) is 41.5 Å². The van der Waals surface area contributed by atoms with Gasteiger partial charge < -0.3 is 0 Å². The van der Waals surface area contributed by atoms with Gasteiger partial charge in [-0.05, 0) is 0 Å². The van der Waals surface area contributed by atoms with Crippen LogP contribution >= 0.6 is 0 Å². The van der Waals surface area contributed by atoms with Crippen LogP contribution in [0.2, 0.25) is 6.86 Å². The monoisotopic (exact) mass is 532 g/mol. The molecule has 3 heteroatoms. The fourth-order valence-corrected chi connectivity index (χ4v) is 12.4. The molecule has 0 aliphatic heterocycles. The first-order valence-electron chi connectivity index (χ1n) is 9.98. The Morgan fingerprint density at radius 2 is 0.724 bits per heavy atom. The minimum atomic E-state index is -0.877. The summed E-state index contributed by atoms with van der Waals surface area (Å²) in [6, 6.07) is 32.5. The van der Waals surface area contributed by atoms with Gasteiger partial charge in [0.2, 0.25) is 0 Å². The van der Waals surface area contributed by atoms with E-state index in [1.54, 1.807) is 0 Å². The van der Waals surface area contributed by atoms with Crippen molar-refractivity contribution in [2.24, 2.45) is 0 Å². The molecule has 3 rings (SSSR count). The third kappa shape index (κ3) is 10.9. The van der Waals surface area contributed by atoms with Crippen LogP contribution in [0.15, 0.2) is 91.0 Å². The molecule has 0 aliphatic carbocycles. The molecule has 0 fully saturated rings. The molecule has 3 aromatic carbocycles. The molecular weight excluding hydrogens is 498 g/mol. The van der Waals surface area contributed by atoms with Crippen molar-refractivity contribution >= 4 is 96.9 Å². The fourth-order valence-electron chi connectivity index (χ4n) is 3.44. The van der Waals surface area contributed by atoms with E-state index >= 15 is 0 Å². The maximum atomic E-state index is 2.37. The Balaban J connectivity index is 0.000000362. The van der Waals surface area contributed by atoms with Gasteiger partial charge in [0.25, 0.3) is 0 Å². The molecule has 29 heavy (non-hydrogen) atoms. The first kappa shape index (κ1) is 27.3. The van der Waals surface area contributed by atoms with Gasteiger partial charge in [-0.15, -0.1) is 0 Å². The van der Waals surface area contributed by atoms with Gasteiger partial charge in [0.1, 0.15) is 0 Å². The Hall–Kier alpha value is 0.312. The number of hydrogen-bond donors (Lipinski definition) is 0. The van der Waals surface area contributed by atoms with E-state index in [-0.39, 0.29) is 72.5 Å². The summed E-state index contributed by atoms with van der Waals surface area (Å²) in [4.78, 5) is 0. The summed E-state index contributed by atoms with van der Waals surface area (Å²) < 4.78 is 1.31. The molecule has 0 unspecified atom stereocenters. The summed E-state index contributed by atoms with van der Waals surface area (Å²) in [5.74, 6) is 0. The van der Waals surface area contributed by atoms with Crippen LogP contribution in [0.4, 0.5) is 0 Å². The maximum absolute atomic E-state index is 2.37. The summed E-state index contributed by atoms with van der Waals surface area (Å²) in [5, 5.41) is 4.31. The predicted octanol–water partition coefficient (Wildman–Crippen LogP) is 4.95. The van der Waals surface area contributed by atoms with Crippen LogP contribution in [0.5, 0.6) is 0 Å². The Morgan fingerprint density at radius 1 is 0.483 bits per heavy atom. The van der Waals surface area contributed by atoms with E-state index in [4.69, 9.17) is 0 Å². The minimum Gasteiger partial charge on any atom is -0.0624 e. The van der Waals surface area contributed by atoms with E-state index in [1.807, 2.05) is 0 Å². The van der Waals surface area contributed by atoms with Gasteiger partial charge in [-0.2, -0.15) is 0 Å². The van der Waals surface area contributed by atoms with Crippen molar-refractivity contribution in [1.82, 2.24) is 0 Å². The molecule has 0 saturated carbocycles. The Bertz CT molecular complexity index is 700. The second-order valence-electron chi connectivity index (χ2n) is 9.10. The fraction of sp³-hybridized carbons (Fsp3) is 0.308. The Labute approximate surface area is 233 Å². The number of benzene rings is 3. The van der Waals surface area contributed by atoms with Crippen molar-refractivity contribution < 1.29 is 0 Å². The van der Waals surface area contributed by atoms with E-state index in [2.05, 4.69) is 133 Å². The largest absolute Gasteiger partial charge is 0.154 e. The zero-order valence-electron chi connectivity index (χ0n) is 19.2. The second-order valence-corrected chi connectivity index (χ2v) is 20.9. The van der Waals surface area contributed by atoms with Gasteiger partial charge in [-0.3, -0.25) is 0 Å². The first-order valence-corrected chi connectivity index (χ1v) is 14.3. The molecule has 3 aromatic rings. The second kappa shape index (κ2) is 13.0. The molecule has 0 bridgehead atoms. The molecule has 0 atom stereocenters. The van der Waals surface area contributed by atoms with E-state index in [1.165, 1.54) is 15.6 Å². The summed E-state index contributed by atoms with van der Waals surface area (Å²) in [6.07, 6.45) is 0. The third-order valence-electron chi connectivity index (χ3n) is 3.94. The van der Waals surface area contributed by atoms with Gasteiger partial charge >= 0.3 is 69.5 Å². The van der Waals surface area contributed by atoms with Gasteiger partial charge in [0, 0.05) is 51.4 Å². The maximum Gasteiger partial charge on any atom is 0.154 e. The van der Waals surface area contributed by atoms with Crippen molar-refractivity contribution in [2.75, 3.05) is 0 Å². The smallest absolute Gasteiger partial charge is 0.0624 e. The average Bonchev–Trinajstić information content (AvgIpc) is 2.62. The molecule has 0 aliphatic rings. The van der Waals surface area contributed by atoms with Crippen LogP contribution in [0, 0.1) is 0 Å². The van der Waals surface area contributed by atoms with Crippen LogP contribution in [-0.4, -0.2) is 81.3 Å². The minimum absolute atomic E-state index is 0. The van der Waals surface area contributed by atoms with E-state index in [0.717, 1.165) is 0 Å². The quantitative estimate of drug-likeness (QED) is 0.332. The molecule has 0 N–H and O–H groups in total. The van der Waals surface area contributed by atoms with Crippen LogP contribution < -0.4 is 15.6 Å². The van der Waals surface area contributed by atoms with Crippen molar-refractivity contribution in [3.8, 4) is 0 Å². The van der Waals surface area contributed by atoms with Gasteiger partial charge in [-0.25, -0.2) is 0 Å². The Kier molecular flexibility index (Phi) is 12.3. The molecular formula is C26H33KSiSn. The van der Waals surface area contributed by atoms with Gasteiger partial charge in [0.05, 0.1) is 0 Å². The van der Waals surface area contributed by atoms with Crippen LogP contribution in [0.3, 0.4) is 0 Å². The number of hydrogen-bond acceptors (Lipinski definition) is 0. The summed E-state index contributed by atoms with van der Waals surface area (Å²) in [7, 11) is -0.877. The number of rotatable bonds is 3. The topological polar surface area (TPSA) is 0 Å². The Morgan fingerprint density at radius 3 is 0.897 bits per heavy atom. The van der Waals surface area contributed by atoms with Crippen molar-refractivity contribution in [3.63, 3.8) is 0 Å². The van der Waals surface area contributed by atoms with Crippen molar-refractivity contribution in [3.05, 3.63) is 91.0 Å². The van der Waals surface area contributed by atoms with E-state index in [0.29, 0.717) is 6.86 Å². The molecule has 0 heterocycles. The first-order chi connectivity index (χ1) is 13.2. The molecule has 0 aromatic heterocycles. The van der Waals surface area contributed by atoms with Crippen molar-refractivity contribution in [1.29, 1.82) is 0 Å². The molecule has 0 nitrogen and oxygen atoms in total. The average molecular weight is 531 g/mol. The van der Waals surface area contributed by atoms with Crippen LogP contribution in [0.25, 0.3) is 0 Å². The third-order valence-corrected chi connectivity index (χ3v) is 11.0.